The van der Waals surface area contributed by atoms with Crippen LogP contribution in [-0.2, 0) is 9.53 Å². The van der Waals surface area contributed by atoms with Gasteiger partial charge in [0.05, 0.1) is 13.2 Å². The minimum Gasteiger partial charge on any atom is -0.494 e. The fourth-order valence-electron chi connectivity index (χ4n) is 2.27. The topological polar surface area (TPSA) is 64.8 Å². The molecule has 1 heterocycles. The van der Waals surface area contributed by atoms with Crippen molar-refractivity contribution in [3.8, 4) is 5.75 Å². The zero-order chi connectivity index (χ0) is 14.7. The van der Waals surface area contributed by atoms with Crippen molar-refractivity contribution in [2.75, 3.05) is 25.6 Å². The molecule has 5 nitrogen and oxygen atoms in total. The van der Waals surface area contributed by atoms with Gasteiger partial charge in [0.1, 0.15) is 6.10 Å². The van der Waals surface area contributed by atoms with Crippen LogP contribution in [0, 0.1) is 5.82 Å². The highest BCUT2D eigenvalue weighted by Gasteiger charge is 2.32. The molecule has 2 N–H and O–H groups in total. The summed E-state index contributed by atoms with van der Waals surface area (Å²) in [4.78, 5) is 13.7. The Morgan fingerprint density at radius 2 is 2.24 bits per heavy atom. The lowest BCUT2D eigenvalue weighted by Crippen LogP contribution is -2.37. The third-order valence-electron chi connectivity index (χ3n) is 3.50. The van der Waals surface area contributed by atoms with Gasteiger partial charge in [0.25, 0.3) is 5.91 Å². The number of likely N-dealkylation sites (N-methyl/N-ethyl adjacent to an activating group) is 1. The quantitative estimate of drug-likeness (QED) is 0.918. The van der Waals surface area contributed by atoms with Gasteiger partial charge in [-0.05, 0) is 25.0 Å². The van der Waals surface area contributed by atoms with Gasteiger partial charge in [0.15, 0.2) is 11.6 Å². The normalized spacial score (nSPS) is 20.8. The third kappa shape index (κ3) is 3.84. The molecule has 21 heavy (non-hydrogen) atoms. The van der Waals surface area contributed by atoms with E-state index in [1.54, 1.807) is 13.1 Å². The molecule has 118 valence electrons. The van der Waals surface area contributed by atoms with Gasteiger partial charge in [-0.2, -0.15) is 0 Å². The molecule has 0 bridgehead atoms. The highest BCUT2D eigenvalue weighted by atomic mass is 35.5. The van der Waals surface area contributed by atoms with Gasteiger partial charge in [0, 0.05) is 25.3 Å². The van der Waals surface area contributed by atoms with Crippen LogP contribution in [0.2, 0.25) is 0 Å². The van der Waals surface area contributed by atoms with E-state index < -0.39 is 11.9 Å². The second-order valence-corrected chi connectivity index (χ2v) is 4.78. The monoisotopic (exact) mass is 318 g/mol. The molecular weight excluding hydrogens is 299 g/mol. The maximum atomic E-state index is 13.7. The van der Waals surface area contributed by atoms with Crippen LogP contribution in [0.1, 0.15) is 12.8 Å². The number of methoxy groups -OCH3 is 1. The fourth-order valence-corrected chi connectivity index (χ4v) is 2.27. The van der Waals surface area contributed by atoms with E-state index in [1.807, 2.05) is 0 Å². The van der Waals surface area contributed by atoms with Gasteiger partial charge in [-0.15, -0.1) is 12.4 Å². The Kier molecular flexibility index (Phi) is 6.39. The number of carbonyl (C=O) groups excluding carboxylic acids is 1. The van der Waals surface area contributed by atoms with Crippen molar-refractivity contribution in [1.29, 1.82) is 0 Å². The lowest BCUT2D eigenvalue weighted by atomic mass is 10.1. The second kappa shape index (κ2) is 7.59. The molecule has 1 fully saturated rings. The van der Waals surface area contributed by atoms with Crippen molar-refractivity contribution < 1.29 is 18.7 Å². The number of benzene rings is 1. The van der Waals surface area contributed by atoms with E-state index in [0.29, 0.717) is 18.7 Å². The minimum atomic E-state index is -0.503. The standard InChI is InChI=1S/C14H19FN2O3.ClH/c1-17(9-3-5-12(19-2)11(15)7-9)14(18)13-6-4-10(8-16)20-13;/h3,5,7,10,13H,4,6,8,16H2,1-2H3;1H/t10-,13+;/m1./s1. The number of halogens is 2. The van der Waals surface area contributed by atoms with Crippen LogP contribution < -0.4 is 15.4 Å². The minimum absolute atomic E-state index is 0. The molecule has 1 aliphatic heterocycles. The number of nitrogens with two attached hydrogens (primary N) is 1. The van der Waals surface area contributed by atoms with Crippen LogP contribution in [0.15, 0.2) is 18.2 Å². The third-order valence-corrected chi connectivity index (χ3v) is 3.50. The van der Waals surface area contributed by atoms with Gasteiger partial charge < -0.3 is 20.1 Å². The van der Waals surface area contributed by atoms with Crippen LogP contribution >= 0.6 is 12.4 Å². The van der Waals surface area contributed by atoms with Crippen molar-refractivity contribution in [3.05, 3.63) is 24.0 Å². The summed E-state index contributed by atoms with van der Waals surface area (Å²) in [6.07, 6.45) is 0.852. The highest BCUT2D eigenvalue weighted by molar-refractivity contribution is 5.96. The van der Waals surface area contributed by atoms with Gasteiger partial charge >= 0.3 is 0 Å². The molecule has 1 aromatic rings. The lowest BCUT2D eigenvalue weighted by molar-refractivity contribution is -0.128. The molecular formula is C14H20ClFN2O3. The van der Waals surface area contributed by atoms with Gasteiger partial charge in [-0.3, -0.25) is 4.79 Å². The van der Waals surface area contributed by atoms with Gasteiger partial charge in [0.2, 0.25) is 0 Å². The van der Waals surface area contributed by atoms with E-state index in [4.69, 9.17) is 15.2 Å². The number of rotatable bonds is 4. The molecule has 0 radical (unpaired) electrons. The summed E-state index contributed by atoms with van der Waals surface area (Å²) in [7, 11) is 3.00. The van der Waals surface area contributed by atoms with E-state index in [2.05, 4.69) is 0 Å². The summed E-state index contributed by atoms with van der Waals surface area (Å²) >= 11 is 0. The molecule has 1 aliphatic rings. The Morgan fingerprint density at radius 1 is 1.52 bits per heavy atom. The number of ether oxygens (including phenoxy) is 2. The molecule has 1 aromatic carbocycles. The Morgan fingerprint density at radius 3 is 2.76 bits per heavy atom. The predicted molar refractivity (Wildman–Crippen MR) is 80.6 cm³/mol. The van der Waals surface area contributed by atoms with E-state index in [-0.39, 0.29) is 30.2 Å². The predicted octanol–water partition coefficient (Wildman–Crippen LogP) is 1.73. The van der Waals surface area contributed by atoms with E-state index >= 15 is 0 Å². The molecule has 1 saturated heterocycles. The molecule has 0 saturated carbocycles. The van der Waals surface area contributed by atoms with Crippen LogP contribution in [0.25, 0.3) is 0 Å². The summed E-state index contributed by atoms with van der Waals surface area (Å²) in [5.41, 5.74) is 5.99. The molecule has 0 unspecified atom stereocenters. The lowest BCUT2D eigenvalue weighted by Gasteiger charge is -2.21. The Bertz CT molecular complexity index is 501. The first kappa shape index (κ1) is 17.7. The number of nitrogens with zero attached hydrogens (tertiary/aromatic N) is 1. The molecule has 2 rings (SSSR count). The Hall–Kier alpha value is -1.37. The Labute approximate surface area is 129 Å². The number of anilines is 1. The highest BCUT2D eigenvalue weighted by Crippen LogP contribution is 2.26. The number of hydrogen-bond acceptors (Lipinski definition) is 4. The molecule has 1 amide bonds. The Balaban J connectivity index is 0.00000220. The van der Waals surface area contributed by atoms with E-state index in [1.165, 1.54) is 24.1 Å². The van der Waals surface area contributed by atoms with E-state index in [9.17, 15) is 9.18 Å². The second-order valence-electron chi connectivity index (χ2n) is 4.78. The van der Waals surface area contributed by atoms with Crippen LogP contribution in [0.3, 0.4) is 0 Å². The summed E-state index contributed by atoms with van der Waals surface area (Å²) in [5.74, 6) is -0.544. The van der Waals surface area contributed by atoms with Crippen LogP contribution in [-0.4, -0.2) is 38.8 Å². The van der Waals surface area contributed by atoms with Crippen LogP contribution in [0.5, 0.6) is 5.75 Å². The number of amides is 1. The fraction of sp³-hybridized carbons (Fsp3) is 0.500. The zero-order valence-corrected chi connectivity index (χ0v) is 12.9. The molecule has 0 spiro atoms. The molecule has 0 aliphatic carbocycles. The maximum Gasteiger partial charge on any atom is 0.255 e. The maximum absolute atomic E-state index is 13.7. The van der Waals surface area contributed by atoms with Crippen molar-refractivity contribution in [2.24, 2.45) is 5.73 Å². The smallest absolute Gasteiger partial charge is 0.255 e. The largest absolute Gasteiger partial charge is 0.494 e. The first-order chi connectivity index (χ1) is 9.56. The summed E-state index contributed by atoms with van der Waals surface area (Å²) < 4.78 is 24.1. The van der Waals surface area contributed by atoms with Crippen LogP contribution in [0.4, 0.5) is 10.1 Å². The summed E-state index contributed by atoms with van der Waals surface area (Å²) in [5, 5.41) is 0. The van der Waals surface area contributed by atoms with Crippen molar-refractivity contribution in [1.82, 2.24) is 0 Å². The number of carbonyl (C=O) groups is 1. The summed E-state index contributed by atoms with van der Waals surface area (Å²) in [6, 6.07) is 4.40. The first-order valence-electron chi connectivity index (χ1n) is 6.53. The molecule has 7 heteroatoms. The number of hydrogen-bond donors (Lipinski definition) is 1. The van der Waals surface area contributed by atoms with Crippen molar-refractivity contribution in [3.63, 3.8) is 0 Å². The van der Waals surface area contributed by atoms with E-state index in [0.717, 1.165) is 6.42 Å². The SMILES string of the molecule is COc1ccc(N(C)C(=O)[C@@H]2CC[C@H](CN)O2)cc1F.Cl. The van der Waals surface area contributed by atoms with Gasteiger partial charge in [-0.25, -0.2) is 4.39 Å². The molecule has 0 aromatic heterocycles. The van der Waals surface area contributed by atoms with Crippen molar-refractivity contribution in [2.45, 2.75) is 25.0 Å². The first-order valence-corrected chi connectivity index (χ1v) is 6.53. The van der Waals surface area contributed by atoms with Crippen molar-refractivity contribution >= 4 is 24.0 Å². The average molecular weight is 319 g/mol. The zero-order valence-electron chi connectivity index (χ0n) is 12.0. The summed E-state index contributed by atoms with van der Waals surface area (Å²) in [6.45, 7) is 0.407. The average Bonchev–Trinajstić information content (AvgIpc) is 2.94. The molecule has 2 atom stereocenters. The van der Waals surface area contributed by atoms with Gasteiger partial charge in [-0.1, -0.05) is 0 Å².